The number of hydrogen-bond acceptors (Lipinski definition) is 3. The molecule has 2 heterocycles. The lowest BCUT2D eigenvalue weighted by Gasteiger charge is -1.95. The third-order valence-electron chi connectivity index (χ3n) is 1.45. The van der Waals surface area contributed by atoms with Crippen LogP contribution in [0.2, 0.25) is 5.15 Å². The molecule has 2 aromatic heterocycles. The van der Waals surface area contributed by atoms with E-state index in [-0.39, 0.29) is 0 Å². The number of rotatable bonds is 1. The van der Waals surface area contributed by atoms with E-state index in [9.17, 15) is 0 Å². The second-order valence-corrected chi connectivity index (χ2v) is 3.57. The Kier molecular flexibility index (Phi) is 2.33. The summed E-state index contributed by atoms with van der Waals surface area (Å²) in [6, 6.07) is 1.79. The van der Waals surface area contributed by atoms with Gasteiger partial charge in [0.05, 0.1) is 23.1 Å². The largest absolute Gasteiger partial charge is 0.461 e. The van der Waals surface area contributed by atoms with Gasteiger partial charge in [0.25, 0.3) is 0 Å². The summed E-state index contributed by atoms with van der Waals surface area (Å²) in [6.45, 7) is 0. The van der Waals surface area contributed by atoms with Gasteiger partial charge in [-0.1, -0.05) is 11.6 Å². The van der Waals surface area contributed by atoms with Gasteiger partial charge in [-0.2, -0.15) is 0 Å². The Morgan fingerprint density at radius 2 is 2.23 bits per heavy atom. The van der Waals surface area contributed by atoms with E-state index in [0.29, 0.717) is 16.6 Å². The van der Waals surface area contributed by atoms with E-state index in [4.69, 9.17) is 16.0 Å². The van der Waals surface area contributed by atoms with E-state index < -0.39 is 0 Å². The summed E-state index contributed by atoms with van der Waals surface area (Å²) in [6.07, 6.45) is 4.64. The zero-order chi connectivity index (χ0) is 9.26. The van der Waals surface area contributed by atoms with Crippen LogP contribution in [0.5, 0.6) is 0 Å². The molecule has 0 aliphatic carbocycles. The standard InChI is InChI=1S/C8H4BrClN2O/c9-5-1-2-13-8(5)6-3-11-4-7(10)12-6/h1-4H. The molecule has 0 radical (unpaired) electrons. The number of halogens is 2. The molecule has 0 aliphatic heterocycles. The summed E-state index contributed by atoms with van der Waals surface area (Å²) in [5.41, 5.74) is 0.615. The van der Waals surface area contributed by atoms with Crippen molar-refractivity contribution in [1.29, 1.82) is 0 Å². The number of aromatic nitrogens is 2. The molecule has 5 heteroatoms. The highest BCUT2D eigenvalue weighted by Crippen LogP contribution is 2.27. The first-order chi connectivity index (χ1) is 6.27. The smallest absolute Gasteiger partial charge is 0.168 e. The molecule has 2 aromatic rings. The monoisotopic (exact) mass is 258 g/mol. The zero-order valence-corrected chi connectivity index (χ0v) is 8.71. The minimum absolute atomic E-state index is 0.348. The molecule has 13 heavy (non-hydrogen) atoms. The summed E-state index contributed by atoms with van der Waals surface area (Å²) in [5.74, 6) is 0.634. The molecule has 0 amide bonds. The fraction of sp³-hybridized carbons (Fsp3) is 0. The topological polar surface area (TPSA) is 38.9 Å². The van der Waals surface area contributed by atoms with E-state index in [2.05, 4.69) is 25.9 Å². The summed E-state index contributed by atoms with van der Waals surface area (Å²) in [5, 5.41) is 0.348. The molecule has 0 atom stereocenters. The molecular formula is C8H4BrClN2O. The molecule has 0 saturated heterocycles. The highest BCUT2D eigenvalue weighted by atomic mass is 79.9. The van der Waals surface area contributed by atoms with Gasteiger partial charge >= 0.3 is 0 Å². The quantitative estimate of drug-likeness (QED) is 0.790. The fourth-order valence-corrected chi connectivity index (χ4v) is 1.48. The van der Waals surface area contributed by atoms with Gasteiger partial charge in [-0.15, -0.1) is 0 Å². The first-order valence-electron chi connectivity index (χ1n) is 3.48. The first kappa shape index (κ1) is 8.72. The highest BCUT2D eigenvalue weighted by Gasteiger charge is 2.08. The Bertz CT molecular complexity index is 430. The van der Waals surface area contributed by atoms with Crippen molar-refractivity contribution < 1.29 is 4.42 Å². The lowest BCUT2D eigenvalue weighted by atomic mass is 10.3. The molecule has 0 saturated carbocycles. The molecule has 66 valence electrons. The second kappa shape index (κ2) is 3.47. The van der Waals surface area contributed by atoms with Crippen LogP contribution in [-0.2, 0) is 0 Å². The van der Waals surface area contributed by atoms with Crippen LogP contribution in [0.25, 0.3) is 11.5 Å². The van der Waals surface area contributed by atoms with Crippen LogP contribution in [0.4, 0.5) is 0 Å². The molecule has 2 rings (SSSR count). The van der Waals surface area contributed by atoms with E-state index in [1.54, 1.807) is 18.5 Å². The van der Waals surface area contributed by atoms with Crippen molar-refractivity contribution in [1.82, 2.24) is 9.97 Å². The molecule has 0 fully saturated rings. The van der Waals surface area contributed by atoms with Gasteiger partial charge < -0.3 is 4.42 Å². The van der Waals surface area contributed by atoms with Crippen LogP contribution < -0.4 is 0 Å². The number of furan rings is 1. The SMILES string of the molecule is Clc1cncc(-c2occc2Br)n1. The van der Waals surface area contributed by atoms with Crippen molar-refractivity contribution in [3.8, 4) is 11.5 Å². The lowest BCUT2D eigenvalue weighted by molar-refractivity contribution is 0.578. The van der Waals surface area contributed by atoms with Crippen LogP contribution >= 0.6 is 27.5 Å². The predicted octanol–water partition coefficient (Wildman–Crippen LogP) is 3.15. The summed E-state index contributed by atoms with van der Waals surface area (Å²) in [4.78, 5) is 7.96. The molecule has 0 spiro atoms. The Hall–Kier alpha value is -0.870. The number of nitrogens with zero attached hydrogens (tertiary/aromatic N) is 2. The van der Waals surface area contributed by atoms with Crippen molar-refractivity contribution in [3.63, 3.8) is 0 Å². The van der Waals surface area contributed by atoms with Crippen molar-refractivity contribution in [2.24, 2.45) is 0 Å². The average Bonchev–Trinajstić information content (AvgIpc) is 2.51. The Morgan fingerprint density at radius 3 is 2.85 bits per heavy atom. The maximum atomic E-state index is 5.68. The lowest BCUT2D eigenvalue weighted by Crippen LogP contribution is -1.84. The summed E-state index contributed by atoms with van der Waals surface area (Å²) >= 11 is 9.01. The Morgan fingerprint density at radius 1 is 1.38 bits per heavy atom. The summed E-state index contributed by atoms with van der Waals surface area (Å²) in [7, 11) is 0. The predicted molar refractivity (Wildman–Crippen MR) is 52.4 cm³/mol. The van der Waals surface area contributed by atoms with Gasteiger partial charge in [0.15, 0.2) is 5.76 Å². The van der Waals surface area contributed by atoms with Gasteiger partial charge in [0.2, 0.25) is 0 Å². The third-order valence-corrected chi connectivity index (χ3v) is 2.26. The summed E-state index contributed by atoms with van der Waals surface area (Å²) < 4.78 is 6.03. The maximum Gasteiger partial charge on any atom is 0.168 e. The van der Waals surface area contributed by atoms with Crippen molar-refractivity contribution in [2.45, 2.75) is 0 Å². The van der Waals surface area contributed by atoms with Gasteiger partial charge in [-0.25, -0.2) is 4.98 Å². The normalized spacial score (nSPS) is 10.3. The van der Waals surface area contributed by atoms with Crippen LogP contribution in [0.15, 0.2) is 33.6 Å². The molecule has 0 N–H and O–H groups in total. The van der Waals surface area contributed by atoms with Gasteiger partial charge in [-0.3, -0.25) is 4.98 Å². The van der Waals surface area contributed by atoms with Gasteiger partial charge in [-0.05, 0) is 22.0 Å². The molecule has 0 aliphatic rings. The highest BCUT2D eigenvalue weighted by molar-refractivity contribution is 9.10. The van der Waals surface area contributed by atoms with Gasteiger partial charge in [0, 0.05) is 0 Å². The first-order valence-corrected chi connectivity index (χ1v) is 4.65. The molecule has 0 bridgehead atoms. The Balaban J connectivity index is 2.53. The molecular weight excluding hydrogens is 255 g/mol. The van der Waals surface area contributed by atoms with Crippen molar-refractivity contribution >= 4 is 27.5 Å². The second-order valence-electron chi connectivity index (χ2n) is 2.32. The van der Waals surface area contributed by atoms with Crippen LogP contribution in [-0.4, -0.2) is 9.97 Å². The third kappa shape index (κ3) is 1.73. The van der Waals surface area contributed by atoms with Crippen LogP contribution in [0.3, 0.4) is 0 Å². The molecule has 0 unspecified atom stereocenters. The molecule has 0 aromatic carbocycles. The van der Waals surface area contributed by atoms with E-state index in [0.717, 1.165) is 4.47 Å². The van der Waals surface area contributed by atoms with Crippen molar-refractivity contribution in [3.05, 3.63) is 34.3 Å². The van der Waals surface area contributed by atoms with E-state index >= 15 is 0 Å². The minimum Gasteiger partial charge on any atom is -0.461 e. The Labute approximate surface area is 87.9 Å². The minimum atomic E-state index is 0.348. The average molecular weight is 259 g/mol. The maximum absolute atomic E-state index is 5.68. The fourth-order valence-electron chi connectivity index (χ4n) is 0.928. The molecule has 3 nitrogen and oxygen atoms in total. The van der Waals surface area contributed by atoms with Crippen molar-refractivity contribution in [2.75, 3.05) is 0 Å². The zero-order valence-electron chi connectivity index (χ0n) is 6.37. The van der Waals surface area contributed by atoms with E-state index in [1.165, 1.54) is 6.20 Å². The van der Waals surface area contributed by atoms with Crippen LogP contribution in [0.1, 0.15) is 0 Å². The van der Waals surface area contributed by atoms with E-state index in [1.807, 2.05) is 0 Å². The number of hydrogen-bond donors (Lipinski definition) is 0. The van der Waals surface area contributed by atoms with Gasteiger partial charge in [0.1, 0.15) is 10.8 Å². The van der Waals surface area contributed by atoms with Crippen LogP contribution in [0, 0.1) is 0 Å².